The standard InChI is InChI=1S/C19H26ClNO4/c1-12(2)15-10-16(20)13(3)9-17(15)25-11-18(22)21-7-5-14(6-8-21)19(23)24-4/h9-10,12,14H,5-8,11H2,1-4H3. The molecule has 1 aromatic carbocycles. The van der Waals surface area contributed by atoms with Crippen molar-refractivity contribution in [1.29, 1.82) is 0 Å². The number of rotatable bonds is 5. The first-order chi connectivity index (χ1) is 11.8. The summed E-state index contributed by atoms with van der Waals surface area (Å²) >= 11 is 6.20. The van der Waals surface area contributed by atoms with E-state index in [-0.39, 0.29) is 30.3 Å². The normalized spacial score (nSPS) is 15.4. The first-order valence-electron chi connectivity index (χ1n) is 8.62. The monoisotopic (exact) mass is 367 g/mol. The highest BCUT2D eigenvalue weighted by molar-refractivity contribution is 6.31. The number of hydrogen-bond acceptors (Lipinski definition) is 4. The predicted octanol–water partition coefficient (Wildman–Crippen LogP) is 3.56. The molecule has 25 heavy (non-hydrogen) atoms. The molecule has 0 aliphatic carbocycles. The van der Waals surface area contributed by atoms with Crippen LogP contribution < -0.4 is 4.74 Å². The van der Waals surface area contributed by atoms with Gasteiger partial charge in [0.05, 0.1) is 13.0 Å². The number of halogens is 1. The van der Waals surface area contributed by atoms with Crippen LogP contribution in [-0.2, 0) is 14.3 Å². The summed E-state index contributed by atoms with van der Waals surface area (Å²) < 4.78 is 10.6. The molecule has 1 fully saturated rings. The van der Waals surface area contributed by atoms with Crippen molar-refractivity contribution in [3.05, 3.63) is 28.3 Å². The maximum absolute atomic E-state index is 12.4. The van der Waals surface area contributed by atoms with Crippen LogP contribution in [0.15, 0.2) is 12.1 Å². The van der Waals surface area contributed by atoms with Gasteiger partial charge < -0.3 is 14.4 Å². The van der Waals surface area contributed by atoms with E-state index < -0.39 is 0 Å². The van der Waals surface area contributed by atoms with Crippen LogP contribution in [-0.4, -0.2) is 43.6 Å². The molecule has 0 aromatic heterocycles. The number of nitrogens with zero attached hydrogens (tertiary/aromatic N) is 1. The number of piperidine rings is 1. The molecule has 6 heteroatoms. The lowest BCUT2D eigenvalue weighted by atomic mass is 9.97. The van der Waals surface area contributed by atoms with E-state index in [0.29, 0.717) is 36.7 Å². The summed E-state index contributed by atoms with van der Waals surface area (Å²) in [5.41, 5.74) is 1.92. The van der Waals surface area contributed by atoms with Gasteiger partial charge in [0, 0.05) is 18.1 Å². The molecule has 2 rings (SSSR count). The molecule has 1 aliphatic heterocycles. The molecule has 0 saturated carbocycles. The fourth-order valence-corrected chi connectivity index (χ4v) is 3.18. The van der Waals surface area contributed by atoms with Gasteiger partial charge in [-0.25, -0.2) is 0 Å². The van der Waals surface area contributed by atoms with E-state index in [1.54, 1.807) is 4.90 Å². The van der Waals surface area contributed by atoms with Crippen molar-refractivity contribution in [3.8, 4) is 5.75 Å². The molecule has 0 spiro atoms. The Balaban J connectivity index is 1.95. The summed E-state index contributed by atoms with van der Waals surface area (Å²) in [6.07, 6.45) is 1.27. The summed E-state index contributed by atoms with van der Waals surface area (Å²) in [5.74, 6) is 0.585. The molecule has 1 aromatic rings. The predicted molar refractivity (Wildman–Crippen MR) is 97.1 cm³/mol. The molecule has 0 unspecified atom stereocenters. The third-order valence-corrected chi connectivity index (χ3v) is 5.05. The van der Waals surface area contributed by atoms with Crippen molar-refractivity contribution in [3.63, 3.8) is 0 Å². The Labute approximate surface area is 154 Å². The summed E-state index contributed by atoms with van der Waals surface area (Å²) in [4.78, 5) is 25.7. The number of carbonyl (C=O) groups excluding carboxylic acids is 2. The van der Waals surface area contributed by atoms with Gasteiger partial charge in [0.1, 0.15) is 5.75 Å². The lowest BCUT2D eigenvalue weighted by molar-refractivity contribution is -0.149. The van der Waals surface area contributed by atoms with Gasteiger partial charge in [-0.2, -0.15) is 0 Å². The van der Waals surface area contributed by atoms with Gasteiger partial charge in [-0.1, -0.05) is 25.4 Å². The van der Waals surface area contributed by atoms with E-state index in [1.807, 2.05) is 19.1 Å². The first-order valence-corrected chi connectivity index (χ1v) is 8.99. The molecule has 0 radical (unpaired) electrons. The number of hydrogen-bond donors (Lipinski definition) is 0. The fourth-order valence-electron chi connectivity index (χ4n) is 3.01. The van der Waals surface area contributed by atoms with Gasteiger partial charge in [0.25, 0.3) is 5.91 Å². The van der Waals surface area contributed by atoms with Gasteiger partial charge in [0.15, 0.2) is 6.61 Å². The molecular weight excluding hydrogens is 342 g/mol. The number of carbonyl (C=O) groups is 2. The molecule has 1 aliphatic rings. The summed E-state index contributed by atoms with van der Waals surface area (Å²) in [5, 5.41) is 0.701. The maximum atomic E-state index is 12.4. The smallest absolute Gasteiger partial charge is 0.308 e. The summed E-state index contributed by atoms with van der Waals surface area (Å²) in [7, 11) is 1.40. The number of benzene rings is 1. The molecular formula is C19H26ClNO4. The second-order valence-corrected chi connectivity index (χ2v) is 7.17. The van der Waals surface area contributed by atoms with Crippen LogP contribution in [0.4, 0.5) is 0 Å². The van der Waals surface area contributed by atoms with Gasteiger partial charge in [0.2, 0.25) is 0 Å². The van der Waals surface area contributed by atoms with Crippen LogP contribution in [0.2, 0.25) is 5.02 Å². The van der Waals surface area contributed by atoms with Crippen LogP contribution in [0, 0.1) is 12.8 Å². The number of ether oxygens (including phenoxy) is 2. The van der Waals surface area contributed by atoms with Crippen molar-refractivity contribution in [2.75, 3.05) is 26.8 Å². The Hall–Kier alpha value is -1.75. The lowest BCUT2D eigenvalue weighted by Gasteiger charge is -2.30. The molecule has 0 atom stereocenters. The Bertz CT molecular complexity index is 637. The number of methoxy groups -OCH3 is 1. The Morgan fingerprint density at radius 1 is 1.28 bits per heavy atom. The zero-order valence-corrected chi connectivity index (χ0v) is 16.1. The van der Waals surface area contributed by atoms with E-state index in [1.165, 1.54) is 7.11 Å². The maximum Gasteiger partial charge on any atom is 0.308 e. The zero-order chi connectivity index (χ0) is 18.6. The van der Waals surface area contributed by atoms with Crippen LogP contribution in [0.5, 0.6) is 5.75 Å². The van der Waals surface area contributed by atoms with E-state index in [9.17, 15) is 9.59 Å². The number of likely N-dealkylation sites (tertiary alicyclic amines) is 1. The zero-order valence-electron chi connectivity index (χ0n) is 15.3. The number of amides is 1. The highest BCUT2D eigenvalue weighted by atomic mass is 35.5. The fraction of sp³-hybridized carbons (Fsp3) is 0.579. The topological polar surface area (TPSA) is 55.8 Å². The van der Waals surface area contributed by atoms with Crippen molar-refractivity contribution in [2.45, 2.75) is 39.5 Å². The van der Waals surface area contributed by atoms with Crippen LogP contribution in [0.3, 0.4) is 0 Å². The van der Waals surface area contributed by atoms with E-state index in [0.717, 1.165) is 11.1 Å². The van der Waals surface area contributed by atoms with Crippen molar-refractivity contribution < 1.29 is 19.1 Å². The molecule has 5 nitrogen and oxygen atoms in total. The van der Waals surface area contributed by atoms with Crippen molar-refractivity contribution >= 4 is 23.5 Å². The minimum atomic E-state index is -0.193. The molecule has 138 valence electrons. The van der Waals surface area contributed by atoms with E-state index in [2.05, 4.69) is 13.8 Å². The van der Waals surface area contributed by atoms with Crippen LogP contribution in [0.25, 0.3) is 0 Å². The third-order valence-electron chi connectivity index (χ3n) is 4.65. The molecule has 0 bridgehead atoms. The van der Waals surface area contributed by atoms with Gasteiger partial charge >= 0.3 is 5.97 Å². The second kappa shape index (κ2) is 8.56. The molecule has 1 saturated heterocycles. The lowest BCUT2D eigenvalue weighted by Crippen LogP contribution is -2.42. The Morgan fingerprint density at radius 3 is 2.48 bits per heavy atom. The highest BCUT2D eigenvalue weighted by Crippen LogP contribution is 2.32. The molecule has 0 N–H and O–H groups in total. The number of aryl methyl sites for hydroxylation is 1. The Morgan fingerprint density at radius 2 is 1.92 bits per heavy atom. The average Bonchev–Trinajstić information content (AvgIpc) is 2.61. The average molecular weight is 368 g/mol. The quantitative estimate of drug-likeness (QED) is 0.746. The van der Waals surface area contributed by atoms with E-state index in [4.69, 9.17) is 21.1 Å². The van der Waals surface area contributed by atoms with Gasteiger partial charge in [-0.3, -0.25) is 9.59 Å². The van der Waals surface area contributed by atoms with E-state index >= 15 is 0 Å². The largest absolute Gasteiger partial charge is 0.483 e. The Kier molecular flexibility index (Phi) is 6.71. The van der Waals surface area contributed by atoms with Crippen LogP contribution in [0.1, 0.15) is 43.7 Å². The summed E-state index contributed by atoms with van der Waals surface area (Å²) in [6.45, 7) is 7.14. The molecule has 1 heterocycles. The first kappa shape index (κ1) is 19.6. The van der Waals surface area contributed by atoms with Crippen LogP contribution >= 0.6 is 11.6 Å². The third kappa shape index (κ3) is 4.88. The summed E-state index contributed by atoms with van der Waals surface area (Å²) in [6, 6.07) is 3.79. The number of esters is 1. The molecule has 1 amide bonds. The van der Waals surface area contributed by atoms with Crippen molar-refractivity contribution in [2.24, 2.45) is 5.92 Å². The SMILES string of the molecule is COC(=O)C1CCN(C(=O)COc2cc(C)c(Cl)cc2C(C)C)CC1. The minimum Gasteiger partial charge on any atom is -0.483 e. The second-order valence-electron chi connectivity index (χ2n) is 6.76. The van der Waals surface area contributed by atoms with Gasteiger partial charge in [-0.15, -0.1) is 0 Å². The minimum absolute atomic E-state index is 0.0102. The highest BCUT2D eigenvalue weighted by Gasteiger charge is 2.28. The van der Waals surface area contributed by atoms with Gasteiger partial charge in [-0.05, 0) is 48.9 Å². The van der Waals surface area contributed by atoms with Crippen molar-refractivity contribution in [1.82, 2.24) is 4.90 Å².